The Hall–Kier alpha value is -2.51. The molecule has 7 nitrogen and oxygen atoms in total. The van der Waals surface area contributed by atoms with Crippen LogP contribution in [0.4, 0.5) is 11.5 Å². The van der Waals surface area contributed by atoms with Gasteiger partial charge in [-0.2, -0.15) is 0 Å². The highest BCUT2D eigenvalue weighted by molar-refractivity contribution is 6.03. The molecular formula is C18H23N5O2. The van der Waals surface area contributed by atoms with Crippen LogP contribution in [0.25, 0.3) is 0 Å². The maximum absolute atomic E-state index is 12.4. The summed E-state index contributed by atoms with van der Waals surface area (Å²) < 4.78 is 5.34. The van der Waals surface area contributed by atoms with E-state index in [0.29, 0.717) is 11.5 Å². The molecule has 1 amide bonds. The van der Waals surface area contributed by atoms with Crippen LogP contribution in [0.2, 0.25) is 0 Å². The quantitative estimate of drug-likeness (QED) is 0.834. The van der Waals surface area contributed by atoms with E-state index in [4.69, 9.17) is 4.74 Å². The highest BCUT2D eigenvalue weighted by Gasteiger charge is 2.12. The van der Waals surface area contributed by atoms with Crippen molar-refractivity contribution in [2.45, 2.75) is 6.92 Å². The number of anilines is 2. The number of rotatable bonds is 6. The number of morpholine rings is 1. The Kier molecular flexibility index (Phi) is 5.92. The van der Waals surface area contributed by atoms with Gasteiger partial charge in [-0.1, -0.05) is 18.2 Å². The summed E-state index contributed by atoms with van der Waals surface area (Å²) in [5.74, 6) is 0.408. The highest BCUT2D eigenvalue weighted by atomic mass is 16.5. The van der Waals surface area contributed by atoms with Crippen molar-refractivity contribution in [3.8, 4) is 0 Å². The molecule has 1 aromatic carbocycles. The van der Waals surface area contributed by atoms with E-state index in [1.165, 1.54) is 6.33 Å². The third-order valence-electron chi connectivity index (χ3n) is 4.13. The van der Waals surface area contributed by atoms with Crippen LogP contribution >= 0.6 is 0 Å². The molecule has 7 heteroatoms. The van der Waals surface area contributed by atoms with Gasteiger partial charge in [0.15, 0.2) is 0 Å². The second-order valence-corrected chi connectivity index (χ2v) is 5.94. The van der Waals surface area contributed by atoms with Crippen molar-refractivity contribution in [3.63, 3.8) is 0 Å². The fourth-order valence-corrected chi connectivity index (χ4v) is 2.64. The topological polar surface area (TPSA) is 79.4 Å². The van der Waals surface area contributed by atoms with Gasteiger partial charge in [-0.3, -0.25) is 9.69 Å². The zero-order valence-corrected chi connectivity index (χ0v) is 14.4. The predicted octanol–water partition coefficient (Wildman–Crippen LogP) is 1.78. The molecule has 0 unspecified atom stereocenters. The number of hydrogen-bond acceptors (Lipinski definition) is 6. The number of carbonyl (C=O) groups excluding carboxylic acids is 1. The molecule has 0 aliphatic carbocycles. The number of aromatic nitrogens is 2. The minimum Gasteiger partial charge on any atom is -0.379 e. The Labute approximate surface area is 147 Å². The van der Waals surface area contributed by atoms with E-state index in [0.717, 1.165) is 50.6 Å². The first-order valence-electron chi connectivity index (χ1n) is 8.45. The summed E-state index contributed by atoms with van der Waals surface area (Å²) in [6.07, 6.45) is 1.41. The average Bonchev–Trinajstić information content (AvgIpc) is 2.65. The van der Waals surface area contributed by atoms with Crippen LogP contribution in [0.1, 0.15) is 16.1 Å². The summed E-state index contributed by atoms with van der Waals surface area (Å²) >= 11 is 0. The lowest BCUT2D eigenvalue weighted by Gasteiger charge is -2.26. The van der Waals surface area contributed by atoms with Crippen molar-refractivity contribution < 1.29 is 9.53 Å². The van der Waals surface area contributed by atoms with Crippen LogP contribution in [-0.2, 0) is 4.74 Å². The first-order valence-corrected chi connectivity index (χ1v) is 8.45. The van der Waals surface area contributed by atoms with Gasteiger partial charge in [0.2, 0.25) is 0 Å². The van der Waals surface area contributed by atoms with Gasteiger partial charge >= 0.3 is 0 Å². The maximum atomic E-state index is 12.4. The van der Waals surface area contributed by atoms with Gasteiger partial charge in [0, 0.05) is 37.9 Å². The third-order valence-corrected chi connectivity index (χ3v) is 4.13. The highest BCUT2D eigenvalue weighted by Crippen LogP contribution is 2.14. The van der Waals surface area contributed by atoms with Crippen molar-refractivity contribution in [2.24, 2.45) is 0 Å². The second kappa shape index (κ2) is 8.55. The molecule has 1 aliphatic rings. The van der Waals surface area contributed by atoms with E-state index >= 15 is 0 Å². The molecule has 3 rings (SSSR count). The van der Waals surface area contributed by atoms with Crippen molar-refractivity contribution in [2.75, 3.05) is 50.0 Å². The molecule has 2 heterocycles. The number of para-hydroxylation sites is 1. The summed E-state index contributed by atoms with van der Waals surface area (Å²) in [4.78, 5) is 23.0. The van der Waals surface area contributed by atoms with E-state index in [1.807, 2.05) is 31.2 Å². The first kappa shape index (κ1) is 17.3. The summed E-state index contributed by atoms with van der Waals surface area (Å²) in [5, 5.41) is 6.13. The van der Waals surface area contributed by atoms with Crippen molar-refractivity contribution >= 4 is 17.4 Å². The van der Waals surface area contributed by atoms with E-state index in [1.54, 1.807) is 6.07 Å². The van der Waals surface area contributed by atoms with E-state index in [9.17, 15) is 4.79 Å². The van der Waals surface area contributed by atoms with Crippen LogP contribution < -0.4 is 10.6 Å². The molecule has 1 aromatic heterocycles. The SMILES string of the molecule is Cc1ccccc1NC(=O)c1cc(NCCN2CCOCC2)ncn1. The lowest BCUT2D eigenvalue weighted by molar-refractivity contribution is 0.0398. The lowest BCUT2D eigenvalue weighted by atomic mass is 10.2. The number of nitrogens with one attached hydrogen (secondary N) is 2. The summed E-state index contributed by atoms with van der Waals surface area (Å²) in [7, 11) is 0. The number of aryl methyl sites for hydroxylation is 1. The molecule has 0 saturated carbocycles. The number of nitrogens with zero attached hydrogens (tertiary/aromatic N) is 3. The zero-order valence-electron chi connectivity index (χ0n) is 14.4. The van der Waals surface area contributed by atoms with Gasteiger partial charge in [0.05, 0.1) is 13.2 Å². The Morgan fingerprint density at radius 3 is 2.84 bits per heavy atom. The van der Waals surface area contributed by atoms with Gasteiger partial charge < -0.3 is 15.4 Å². The minimum absolute atomic E-state index is 0.243. The zero-order chi connectivity index (χ0) is 17.5. The molecule has 1 saturated heterocycles. The van der Waals surface area contributed by atoms with Crippen LogP contribution in [0.3, 0.4) is 0 Å². The Morgan fingerprint density at radius 2 is 2.04 bits per heavy atom. The standard InChI is InChI=1S/C18H23N5O2/c1-14-4-2-3-5-15(14)22-18(24)16-12-17(21-13-20-16)19-6-7-23-8-10-25-11-9-23/h2-5,12-13H,6-11H2,1H3,(H,22,24)(H,19,20,21). The van der Waals surface area contributed by atoms with Gasteiger partial charge in [0.25, 0.3) is 5.91 Å². The fourth-order valence-electron chi connectivity index (χ4n) is 2.64. The van der Waals surface area contributed by atoms with E-state index in [-0.39, 0.29) is 5.91 Å². The Morgan fingerprint density at radius 1 is 1.24 bits per heavy atom. The summed E-state index contributed by atoms with van der Waals surface area (Å²) in [6.45, 7) is 7.11. The van der Waals surface area contributed by atoms with Gasteiger partial charge in [-0.05, 0) is 18.6 Å². The summed E-state index contributed by atoms with van der Waals surface area (Å²) in [5.41, 5.74) is 2.13. The number of amides is 1. The number of carbonyl (C=O) groups is 1. The van der Waals surface area contributed by atoms with E-state index < -0.39 is 0 Å². The van der Waals surface area contributed by atoms with E-state index in [2.05, 4.69) is 25.5 Å². The maximum Gasteiger partial charge on any atom is 0.274 e. The van der Waals surface area contributed by atoms with Crippen molar-refractivity contribution in [3.05, 3.63) is 47.9 Å². The average molecular weight is 341 g/mol. The molecule has 0 bridgehead atoms. The lowest BCUT2D eigenvalue weighted by Crippen LogP contribution is -2.39. The molecule has 1 fully saturated rings. The van der Waals surface area contributed by atoms with Crippen molar-refractivity contribution in [1.82, 2.24) is 14.9 Å². The van der Waals surface area contributed by atoms with Crippen LogP contribution in [-0.4, -0.2) is 60.2 Å². The smallest absolute Gasteiger partial charge is 0.274 e. The monoisotopic (exact) mass is 341 g/mol. The Bertz CT molecular complexity index is 716. The third kappa shape index (κ3) is 4.98. The van der Waals surface area contributed by atoms with Gasteiger partial charge in [-0.15, -0.1) is 0 Å². The predicted molar refractivity (Wildman–Crippen MR) is 96.9 cm³/mol. The largest absolute Gasteiger partial charge is 0.379 e. The van der Waals surface area contributed by atoms with Crippen LogP contribution in [0, 0.1) is 6.92 Å². The molecule has 1 aliphatic heterocycles. The molecule has 0 radical (unpaired) electrons. The number of ether oxygens (including phenoxy) is 1. The molecular weight excluding hydrogens is 318 g/mol. The van der Waals surface area contributed by atoms with Gasteiger partial charge in [-0.25, -0.2) is 9.97 Å². The van der Waals surface area contributed by atoms with Crippen LogP contribution in [0.5, 0.6) is 0 Å². The molecule has 2 N–H and O–H groups in total. The number of hydrogen-bond donors (Lipinski definition) is 2. The Balaban J connectivity index is 1.55. The molecule has 0 atom stereocenters. The molecule has 2 aromatic rings. The fraction of sp³-hybridized carbons (Fsp3) is 0.389. The number of benzene rings is 1. The van der Waals surface area contributed by atoms with Crippen molar-refractivity contribution in [1.29, 1.82) is 0 Å². The molecule has 132 valence electrons. The first-order chi connectivity index (χ1) is 12.2. The minimum atomic E-state index is -0.243. The van der Waals surface area contributed by atoms with Crippen LogP contribution in [0.15, 0.2) is 36.7 Å². The second-order valence-electron chi connectivity index (χ2n) is 5.94. The molecule has 25 heavy (non-hydrogen) atoms. The van der Waals surface area contributed by atoms with Gasteiger partial charge in [0.1, 0.15) is 17.8 Å². The normalized spacial score (nSPS) is 14.9. The summed E-state index contributed by atoms with van der Waals surface area (Å²) in [6, 6.07) is 9.32. The molecule has 0 spiro atoms.